The van der Waals surface area contributed by atoms with E-state index in [2.05, 4.69) is 31.5 Å². The fourth-order valence-corrected chi connectivity index (χ4v) is 2.46. The van der Waals surface area contributed by atoms with Gasteiger partial charge in [0.25, 0.3) is 5.91 Å². The van der Waals surface area contributed by atoms with Crippen molar-refractivity contribution in [2.24, 2.45) is 0 Å². The lowest BCUT2D eigenvalue weighted by Gasteiger charge is -2.17. The number of halogens is 1. The van der Waals surface area contributed by atoms with Crippen LogP contribution >= 0.6 is 15.9 Å². The summed E-state index contributed by atoms with van der Waals surface area (Å²) in [5.41, 5.74) is 2.51. The minimum Gasteiger partial charge on any atom is -0.337 e. The first-order valence-corrected chi connectivity index (χ1v) is 7.76. The minimum atomic E-state index is -0.0313. The molecule has 0 unspecified atom stereocenters. The molecule has 0 aliphatic rings. The molecule has 0 atom stereocenters. The van der Waals surface area contributed by atoms with E-state index in [-0.39, 0.29) is 5.91 Å². The number of nitrogens with zero attached hydrogens (tertiary/aromatic N) is 5. The van der Waals surface area contributed by atoms with Crippen molar-refractivity contribution in [2.45, 2.75) is 6.54 Å². The molecule has 2 aromatic carbocycles. The molecule has 1 amide bonds. The van der Waals surface area contributed by atoms with Crippen LogP contribution in [0.5, 0.6) is 0 Å². The third-order valence-electron chi connectivity index (χ3n) is 3.41. The molecule has 0 aliphatic carbocycles. The molecule has 0 bridgehead atoms. The number of aromatic nitrogens is 4. The monoisotopic (exact) mass is 371 g/mol. The number of carbonyl (C=O) groups is 1. The zero-order valence-corrected chi connectivity index (χ0v) is 14.0. The van der Waals surface area contributed by atoms with Gasteiger partial charge in [-0.1, -0.05) is 28.1 Å². The van der Waals surface area contributed by atoms with Crippen molar-refractivity contribution in [3.8, 4) is 5.69 Å². The first kappa shape index (κ1) is 15.4. The molecular formula is C16H14BrN5O. The van der Waals surface area contributed by atoms with Crippen molar-refractivity contribution in [3.05, 3.63) is 70.5 Å². The lowest BCUT2D eigenvalue weighted by Crippen LogP contribution is -2.26. The average molecular weight is 372 g/mol. The van der Waals surface area contributed by atoms with Crippen molar-refractivity contribution >= 4 is 21.8 Å². The second-order valence-electron chi connectivity index (χ2n) is 5.09. The van der Waals surface area contributed by atoms with Crippen molar-refractivity contribution in [2.75, 3.05) is 7.05 Å². The van der Waals surface area contributed by atoms with E-state index in [1.165, 1.54) is 6.33 Å². The van der Waals surface area contributed by atoms with E-state index < -0.39 is 0 Å². The summed E-state index contributed by atoms with van der Waals surface area (Å²) in [6.07, 6.45) is 1.51. The Kier molecular flexibility index (Phi) is 4.47. The molecular weight excluding hydrogens is 358 g/mol. The lowest BCUT2D eigenvalue weighted by molar-refractivity contribution is 0.0785. The summed E-state index contributed by atoms with van der Waals surface area (Å²) in [5, 5.41) is 11.0. The Bertz CT molecular complexity index is 784. The number of rotatable bonds is 4. The topological polar surface area (TPSA) is 63.9 Å². The van der Waals surface area contributed by atoms with Gasteiger partial charge in [-0.15, -0.1) is 5.10 Å². The first-order chi connectivity index (χ1) is 11.1. The van der Waals surface area contributed by atoms with Crippen LogP contribution in [-0.2, 0) is 6.54 Å². The molecule has 0 saturated carbocycles. The van der Waals surface area contributed by atoms with Crippen LogP contribution in [0.1, 0.15) is 15.9 Å². The Morgan fingerprint density at radius 3 is 2.43 bits per heavy atom. The maximum atomic E-state index is 12.5. The third-order valence-corrected chi connectivity index (χ3v) is 3.94. The predicted molar refractivity (Wildman–Crippen MR) is 89.1 cm³/mol. The maximum absolute atomic E-state index is 12.5. The summed E-state index contributed by atoms with van der Waals surface area (Å²) >= 11 is 3.40. The molecule has 23 heavy (non-hydrogen) atoms. The highest BCUT2D eigenvalue weighted by atomic mass is 79.9. The minimum absolute atomic E-state index is 0.0313. The average Bonchev–Trinajstić information content (AvgIpc) is 3.11. The summed E-state index contributed by atoms with van der Waals surface area (Å²) in [7, 11) is 1.79. The quantitative estimate of drug-likeness (QED) is 0.707. The zero-order chi connectivity index (χ0) is 16.2. The van der Waals surface area contributed by atoms with Crippen molar-refractivity contribution < 1.29 is 4.79 Å². The van der Waals surface area contributed by atoms with Gasteiger partial charge in [-0.25, -0.2) is 4.68 Å². The summed E-state index contributed by atoms with van der Waals surface area (Å²) < 4.78 is 2.56. The number of carbonyl (C=O) groups excluding carboxylic acids is 1. The highest BCUT2D eigenvalue weighted by Crippen LogP contribution is 2.14. The van der Waals surface area contributed by atoms with Gasteiger partial charge in [0.15, 0.2) is 0 Å². The van der Waals surface area contributed by atoms with Gasteiger partial charge in [-0.3, -0.25) is 4.79 Å². The molecule has 0 fully saturated rings. The smallest absolute Gasteiger partial charge is 0.253 e. The highest BCUT2D eigenvalue weighted by Gasteiger charge is 2.12. The molecule has 3 rings (SSSR count). The van der Waals surface area contributed by atoms with Crippen LogP contribution in [0.4, 0.5) is 0 Å². The first-order valence-electron chi connectivity index (χ1n) is 6.97. The number of hydrogen-bond donors (Lipinski definition) is 0. The van der Waals surface area contributed by atoms with Gasteiger partial charge in [-0.05, 0) is 52.4 Å². The highest BCUT2D eigenvalue weighted by molar-refractivity contribution is 9.10. The summed E-state index contributed by atoms with van der Waals surface area (Å²) in [5.74, 6) is -0.0313. The zero-order valence-electron chi connectivity index (χ0n) is 12.4. The Balaban J connectivity index is 1.70. The van der Waals surface area contributed by atoms with Gasteiger partial charge < -0.3 is 4.90 Å². The van der Waals surface area contributed by atoms with E-state index in [9.17, 15) is 4.79 Å². The molecule has 3 aromatic rings. The van der Waals surface area contributed by atoms with Crippen LogP contribution in [0, 0.1) is 0 Å². The van der Waals surface area contributed by atoms with Gasteiger partial charge in [0.1, 0.15) is 6.33 Å². The number of hydrogen-bond acceptors (Lipinski definition) is 4. The number of amides is 1. The van der Waals surface area contributed by atoms with E-state index in [1.54, 1.807) is 28.8 Å². The Morgan fingerprint density at radius 1 is 1.13 bits per heavy atom. The van der Waals surface area contributed by atoms with Crippen LogP contribution in [0.15, 0.2) is 59.3 Å². The largest absolute Gasteiger partial charge is 0.337 e. The van der Waals surface area contributed by atoms with Gasteiger partial charge >= 0.3 is 0 Å². The van der Waals surface area contributed by atoms with Gasteiger partial charge in [-0.2, -0.15) is 0 Å². The summed E-state index contributed by atoms with van der Waals surface area (Å²) in [6.45, 7) is 0.556. The lowest BCUT2D eigenvalue weighted by atomic mass is 10.1. The molecule has 7 heteroatoms. The van der Waals surface area contributed by atoms with E-state index >= 15 is 0 Å². The molecule has 1 aromatic heterocycles. The van der Waals surface area contributed by atoms with E-state index in [0.717, 1.165) is 15.7 Å². The Hall–Kier alpha value is -2.54. The maximum Gasteiger partial charge on any atom is 0.253 e. The van der Waals surface area contributed by atoms with Crippen molar-refractivity contribution in [1.29, 1.82) is 0 Å². The molecule has 0 saturated heterocycles. The predicted octanol–water partition coefficient (Wildman–Crippen LogP) is 2.70. The van der Waals surface area contributed by atoms with Crippen molar-refractivity contribution in [3.63, 3.8) is 0 Å². The molecule has 0 aliphatic heterocycles. The van der Waals surface area contributed by atoms with Crippen LogP contribution in [0.2, 0.25) is 0 Å². The standard InChI is InChI=1S/C16H14BrN5O/c1-21(10-12-2-6-14(17)7-3-12)16(23)13-4-8-15(9-5-13)22-11-18-19-20-22/h2-9,11H,10H2,1H3. The Morgan fingerprint density at radius 2 is 1.83 bits per heavy atom. The van der Waals surface area contributed by atoms with E-state index in [1.807, 2.05) is 36.4 Å². The summed E-state index contributed by atoms with van der Waals surface area (Å²) in [4.78, 5) is 14.2. The van der Waals surface area contributed by atoms with Crippen LogP contribution in [0.25, 0.3) is 5.69 Å². The van der Waals surface area contributed by atoms with Crippen LogP contribution in [-0.4, -0.2) is 38.1 Å². The fraction of sp³-hybridized carbons (Fsp3) is 0.125. The normalized spacial score (nSPS) is 10.5. The van der Waals surface area contributed by atoms with Crippen LogP contribution < -0.4 is 0 Å². The molecule has 0 N–H and O–H groups in total. The van der Waals surface area contributed by atoms with Gasteiger partial charge in [0.2, 0.25) is 0 Å². The summed E-state index contributed by atoms with van der Waals surface area (Å²) in [6, 6.07) is 15.1. The fourth-order valence-electron chi connectivity index (χ4n) is 2.19. The Labute approximate surface area is 141 Å². The number of benzene rings is 2. The van der Waals surface area contributed by atoms with Gasteiger partial charge in [0, 0.05) is 23.6 Å². The molecule has 116 valence electrons. The van der Waals surface area contributed by atoms with Crippen molar-refractivity contribution in [1.82, 2.24) is 25.1 Å². The molecule has 1 heterocycles. The second kappa shape index (κ2) is 6.70. The third kappa shape index (κ3) is 3.62. The SMILES string of the molecule is CN(Cc1ccc(Br)cc1)C(=O)c1ccc(-n2cnnn2)cc1. The van der Waals surface area contributed by atoms with E-state index in [0.29, 0.717) is 12.1 Å². The van der Waals surface area contributed by atoms with Crippen LogP contribution in [0.3, 0.4) is 0 Å². The molecule has 0 spiro atoms. The van der Waals surface area contributed by atoms with E-state index in [4.69, 9.17) is 0 Å². The van der Waals surface area contributed by atoms with Gasteiger partial charge in [0.05, 0.1) is 5.69 Å². The number of tetrazole rings is 1. The molecule has 6 nitrogen and oxygen atoms in total. The molecule has 0 radical (unpaired) electrons. The second-order valence-corrected chi connectivity index (χ2v) is 6.00.